The first-order valence-corrected chi connectivity index (χ1v) is 13.1. The van der Waals surface area contributed by atoms with Crippen molar-refractivity contribution in [3.05, 3.63) is 66.1 Å². The summed E-state index contributed by atoms with van der Waals surface area (Å²) in [6.45, 7) is 8.03. The fraction of sp³-hybridized carbons (Fsp3) is 0.448. The van der Waals surface area contributed by atoms with E-state index in [1.54, 1.807) is 19.3 Å². The Morgan fingerprint density at radius 1 is 1.18 bits per heavy atom. The monoisotopic (exact) mass is 519 g/mol. The number of likely N-dealkylation sites (tertiary alicyclic amines) is 1. The number of rotatable bonds is 8. The quantitative estimate of drug-likeness (QED) is 0.394. The zero-order valence-electron chi connectivity index (χ0n) is 22.5. The SMILES string of the molecule is C[C@H](NC(=O)[C@H]1C[C@@H](c2ccccc2)CCN1CC(=O)OC(C)(C)C)C(=O)NCc1cc2cnccc2[nH]1. The number of benzene rings is 1. The number of piperidine rings is 1. The third-order valence-electron chi connectivity index (χ3n) is 6.72. The molecule has 38 heavy (non-hydrogen) atoms. The average molecular weight is 520 g/mol. The van der Waals surface area contributed by atoms with Gasteiger partial charge in [0.2, 0.25) is 11.8 Å². The zero-order valence-corrected chi connectivity index (χ0v) is 22.5. The van der Waals surface area contributed by atoms with Crippen molar-refractivity contribution < 1.29 is 19.1 Å². The number of nitrogens with one attached hydrogen (secondary N) is 3. The molecule has 202 valence electrons. The van der Waals surface area contributed by atoms with E-state index < -0.39 is 17.7 Å². The fourth-order valence-electron chi connectivity index (χ4n) is 4.88. The van der Waals surface area contributed by atoms with Gasteiger partial charge in [-0.1, -0.05) is 30.3 Å². The minimum atomic E-state index is -0.742. The number of aromatic nitrogens is 2. The van der Waals surface area contributed by atoms with Gasteiger partial charge >= 0.3 is 5.97 Å². The lowest BCUT2D eigenvalue weighted by Gasteiger charge is -2.39. The van der Waals surface area contributed by atoms with E-state index in [1.807, 2.05) is 56.0 Å². The first-order valence-electron chi connectivity index (χ1n) is 13.1. The number of H-pyrrole nitrogens is 1. The Bertz CT molecular complexity index is 1230. The Kier molecular flexibility index (Phi) is 8.46. The maximum atomic E-state index is 13.5. The summed E-state index contributed by atoms with van der Waals surface area (Å²) in [7, 11) is 0. The number of hydrogen-bond donors (Lipinski definition) is 3. The summed E-state index contributed by atoms with van der Waals surface area (Å²) in [4.78, 5) is 48.1. The van der Waals surface area contributed by atoms with Crippen LogP contribution in [0.5, 0.6) is 0 Å². The lowest BCUT2D eigenvalue weighted by Crippen LogP contribution is -2.56. The molecule has 1 saturated heterocycles. The Balaban J connectivity index is 1.39. The van der Waals surface area contributed by atoms with Gasteiger partial charge in [0.1, 0.15) is 11.6 Å². The molecule has 0 spiro atoms. The Morgan fingerprint density at radius 2 is 1.95 bits per heavy atom. The van der Waals surface area contributed by atoms with Gasteiger partial charge in [0.15, 0.2) is 0 Å². The normalized spacial score (nSPS) is 19.1. The molecule has 0 saturated carbocycles. The van der Waals surface area contributed by atoms with Crippen molar-refractivity contribution in [1.82, 2.24) is 25.5 Å². The van der Waals surface area contributed by atoms with Gasteiger partial charge in [0, 0.05) is 35.5 Å². The van der Waals surface area contributed by atoms with Crippen LogP contribution in [-0.2, 0) is 25.7 Å². The second kappa shape index (κ2) is 11.8. The van der Waals surface area contributed by atoms with Crippen molar-refractivity contribution in [2.45, 2.75) is 70.7 Å². The van der Waals surface area contributed by atoms with Crippen LogP contribution >= 0.6 is 0 Å². The highest BCUT2D eigenvalue weighted by Gasteiger charge is 2.36. The van der Waals surface area contributed by atoms with Crippen molar-refractivity contribution >= 4 is 28.7 Å². The van der Waals surface area contributed by atoms with Crippen LogP contribution in [0.3, 0.4) is 0 Å². The minimum Gasteiger partial charge on any atom is -0.459 e. The predicted octanol–water partition coefficient (Wildman–Crippen LogP) is 3.27. The smallest absolute Gasteiger partial charge is 0.320 e. The van der Waals surface area contributed by atoms with E-state index in [2.05, 4.69) is 32.7 Å². The van der Waals surface area contributed by atoms with Gasteiger partial charge in [-0.3, -0.25) is 24.3 Å². The summed E-state index contributed by atoms with van der Waals surface area (Å²) in [5, 5.41) is 6.72. The number of ether oxygens (including phenoxy) is 1. The van der Waals surface area contributed by atoms with Crippen LogP contribution in [0.15, 0.2) is 54.9 Å². The van der Waals surface area contributed by atoms with Crippen LogP contribution in [0.1, 0.15) is 57.7 Å². The van der Waals surface area contributed by atoms with Gasteiger partial charge in [-0.2, -0.15) is 0 Å². The van der Waals surface area contributed by atoms with Crippen LogP contribution in [0.4, 0.5) is 0 Å². The van der Waals surface area contributed by atoms with Gasteiger partial charge in [0.05, 0.1) is 19.1 Å². The second-order valence-electron chi connectivity index (χ2n) is 10.9. The number of esters is 1. The van der Waals surface area contributed by atoms with E-state index in [0.717, 1.165) is 23.0 Å². The van der Waals surface area contributed by atoms with Crippen LogP contribution in [-0.4, -0.2) is 63.4 Å². The maximum absolute atomic E-state index is 13.5. The molecular formula is C29H37N5O4. The van der Waals surface area contributed by atoms with Crippen LogP contribution in [0.25, 0.3) is 10.9 Å². The third kappa shape index (κ3) is 7.19. The molecule has 3 heterocycles. The van der Waals surface area contributed by atoms with Crippen molar-refractivity contribution in [3.8, 4) is 0 Å². The predicted molar refractivity (Wildman–Crippen MR) is 145 cm³/mol. The summed E-state index contributed by atoms with van der Waals surface area (Å²) in [6.07, 6.45) is 4.84. The van der Waals surface area contributed by atoms with E-state index in [1.165, 1.54) is 5.56 Å². The lowest BCUT2D eigenvalue weighted by atomic mass is 9.85. The summed E-state index contributed by atoms with van der Waals surface area (Å²) >= 11 is 0. The molecule has 0 unspecified atom stereocenters. The van der Waals surface area contributed by atoms with E-state index >= 15 is 0 Å². The molecule has 9 heteroatoms. The van der Waals surface area contributed by atoms with Crippen LogP contribution < -0.4 is 10.6 Å². The standard InChI is InChI=1S/C29H37N5O4/c1-19(27(36)31-17-23-14-22-16-30-12-10-24(22)33-23)32-28(37)25-15-21(20-8-6-5-7-9-20)11-13-34(25)18-26(35)38-29(2,3)4/h5-10,12,14,16,19,21,25,33H,11,13,15,17-18H2,1-4H3,(H,31,36)(H,32,37)/t19-,21-,25+/m0/s1. The molecule has 0 radical (unpaired) electrons. The molecule has 0 bridgehead atoms. The third-order valence-corrected chi connectivity index (χ3v) is 6.72. The Labute approximate surface area is 223 Å². The molecule has 0 aliphatic carbocycles. The molecule has 3 N–H and O–H groups in total. The highest BCUT2D eigenvalue weighted by atomic mass is 16.6. The van der Waals surface area contributed by atoms with Crippen LogP contribution in [0.2, 0.25) is 0 Å². The molecule has 1 aliphatic rings. The van der Waals surface area contributed by atoms with Gasteiger partial charge in [0.25, 0.3) is 0 Å². The number of carbonyl (C=O) groups is 3. The zero-order chi connectivity index (χ0) is 27.3. The first kappa shape index (κ1) is 27.3. The van der Waals surface area contributed by atoms with Crippen molar-refractivity contribution in [1.29, 1.82) is 0 Å². The topological polar surface area (TPSA) is 116 Å². The first-order chi connectivity index (χ1) is 18.1. The number of carbonyl (C=O) groups excluding carboxylic acids is 3. The van der Waals surface area contributed by atoms with Gasteiger partial charge in [-0.25, -0.2) is 0 Å². The highest BCUT2D eigenvalue weighted by molar-refractivity contribution is 5.90. The average Bonchev–Trinajstić information content (AvgIpc) is 3.30. The van der Waals surface area contributed by atoms with E-state index in [4.69, 9.17) is 4.74 Å². The molecule has 2 amide bonds. The number of nitrogens with zero attached hydrogens (tertiary/aromatic N) is 2. The van der Waals surface area contributed by atoms with Crippen molar-refractivity contribution in [2.24, 2.45) is 0 Å². The Morgan fingerprint density at radius 3 is 2.66 bits per heavy atom. The molecule has 1 fully saturated rings. The summed E-state index contributed by atoms with van der Waals surface area (Å²) < 4.78 is 5.51. The molecular weight excluding hydrogens is 482 g/mol. The fourth-order valence-corrected chi connectivity index (χ4v) is 4.88. The summed E-state index contributed by atoms with van der Waals surface area (Å²) in [6, 6.07) is 12.6. The Hall–Kier alpha value is -3.72. The molecule has 3 aromatic rings. The molecule has 3 atom stereocenters. The van der Waals surface area contributed by atoms with Crippen LogP contribution in [0, 0.1) is 0 Å². The number of fused-ring (bicyclic) bond motifs is 1. The molecule has 1 aromatic carbocycles. The number of aromatic amines is 1. The van der Waals surface area contributed by atoms with Gasteiger partial charge in [-0.05, 0) is 64.2 Å². The lowest BCUT2D eigenvalue weighted by molar-refractivity contribution is -0.157. The molecule has 4 rings (SSSR count). The largest absolute Gasteiger partial charge is 0.459 e. The minimum absolute atomic E-state index is 0.0205. The second-order valence-corrected chi connectivity index (χ2v) is 10.9. The molecule has 9 nitrogen and oxygen atoms in total. The highest BCUT2D eigenvalue weighted by Crippen LogP contribution is 2.32. The summed E-state index contributed by atoms with van der Waals surface area (Å²) in [5.74, 6) is -0.743. The van der Waals surface area contributed by atoms with Crippen molar-refractivity contribution in [2.75, 3.05) is 13.1 Å². The number of pyridine rings is 1. The van der Waals surface area contributed by atoms with Gasteiger partial charge < -0.3 is 20.4 Å². The maximum Gasteiger partial charge on any atom is 0.320 e. The van der Waals surface area contributed by atoms with E-state index in [9.17, 15) is 14.4 Å². The van der Waals surface area contributed by atoms with E-state index in [-0.39, 0.29) is 30.2 Å². The van der Waals surface area contributed by atoms with E-state index in [0.29, 0.717) is 19.5 Å². The number of amides is 2. The number of hydrogen-bond acceptors (Lipinski definition) is 6. The molecule has 2 aromatic heterocycles. The van der Waals surface area contributed by atoms with Gasteiger partial charge in [-0.15, -0.1) is 0 Å². The van der Waals surface area contributed by atoms with Crippen molar-refractivity contribution in [3.63, 3.8) is 0 Å². The molecule has 1 aliphatic heterocycles. The summed E-state index contributed by atoms with van der Waals surface area (Å²) in [5.41, 5.74) is 2.36.